The zero-order chi connectivity index (χ0) is 17.0. The number of carbonyl (C=O) groups excluding carboxylic acids is 2. The third-order valence-electron chi connectivity index (χ3n) is 3.41. The van der Waals surface area contributed by atoms with Crippen molar-refractivity contribution in [3.63, 3.8) is 0 Å². The summed E-state index contributed by atoms with van der Waals surface area (Å²) in [7, 11) is 0. The Kier molecular flexibility index (Phi) is 5.46. The fourth-order valence-electron chi connectivity index (χ4n) is 2.14. The van der Waals surface area contributed by atoms with Crippen LogP contribution in [-0.2, 0) is 4.79 Å². The first-order chi connectivity index (χ1) is 10.9. The lowest BCUT2D eigenvalue weighted by molar-refractivity contribution is -0.117. The minimum atomic E-state index is -0.588. The zero-order valence-corrected chi connectivity index (χ0v) is 13.6. The van der Waals surface area contributed by atoms with Gasteiger partial charge >= 0.3 is 0 Å². The maximum Gasteiger partial charge on any atom is 0.251 e. The predicted octanol–water partition coefficient (Wildman–Crippen LogP) is 2.66. The lowest BCUT2D eigenvalue weighted by atomic mass is 10.1. The summed E-state index contributed by atoms with van der Waals surface area (Å²) in [5, 5.41) is 7.89. The van der Waals surface area contributed by atoms with Crippen molar-refractivity contribution in [2.24, 2.45) is 5.73 Å². The molecule has 2 aromatic rings. The second-order valence-electron chi connectivity index (χ2n) is 5.18. The van der Waals surface area contributed by atoms with Crippen molar-refractivity contribution in [3.8, 4) is 0 Å². The Bertz CT molecular complexity index is 717. The van der Waals surface area contributed by atoms with Crippen LogP contribution in [0.4, 0.5) is 9.39 Å². The number of amides is 2. The molecular weight excluding hydrogens is 317 g/mol. The highest BCUT2D eigenvalue weighted by Crippen LogP contribution is 2.23. The van der Waals surface area contributed by atoms with Gasteiger partial charge in [-0.2, -0.15) is 0 Å². The number of rotatable bonds is 6. The maximum absolute atomic E-state index is 13.2. The number of carbonyl (C=O) groups is 2. The average Bonchev–Trinajstić information content (AvgIpc) is 2.95. The van der Waals surface area contributed by atoms with Crippen LogP contribution in [0, 0.1) is 5.82 Å². The van der Waals surface area contributed by atoms with Gasteiger partial charge in [-0.15, -0.1) is 11.3 Å². The first-order valence-corrected chi connectivity index (χ1v) is 7.96. The summed E-state index contributed by atoms with van der Waals surface area (Å²) in [6.45, 7) is 3.54. The predicted molar refractivity (Wildman–Crippen MR) is 88.9 cm³/mol. The van der Waals surface area contributed by atoms with Gasteiger partial charge < -0.3 is 11.1 Å². The van der Waals surface area contributed by atoms with Crippen molar-refractivity contribution in [2.75, 3.05) is 5.32 Å². The summed E-state index contributed by atoms with van der Waals surface area (Å²) < 4.78 is 13.2. The molecule has 5 nitrogen and oxygen atoms in total. The van der Waals surface area contributed by atoms with Gasteiger partial charge in [0.25, 0.3) is 5.91 Å². The Balaban J connectivity index is 1.99. The largest absolute Gasteiger partial charge is 0.366 e. The highest BCUT2D eigenvalue weighted by molar-refractivity contribution is 7.14. The molecule has 23 heavy (non-hydrogen) atoms. The van der Waals surface area contributed by atoms with Crippen LogP contribution in [0.25, 0.3) is 0 Å². The summed E-state index contributed by atoms with van der Waals surface area (Å²) in [5.41, 5.74) is 6.28. The van der Waals surface area contributed by atoms with Crippen LogP contribution < -0.4 is 16.4 Å². The van der Waals surface area contributed by atoms with E-state index in [9.17, 15) is 14.0 Å². The van der Waals surface area contributed by atoms with Gasteiger partial charge in [0, 0.05) is 6.04 Å². The fourth-order valence-corrected chi connectivity index (χ4v) is 2.94. The van der Waals surface area contributed by atoms with Gasteiger partial charge in [-0.25, -0.2) is 4.39 Å². The number of primary amides is 1. The Morgan fingerprint density at radius 1 is 1.26 bits per heavy atom. The molecule has 0 spiro atoms. The Labute approximate surface area is 137 Å². The summed E-state index contributed by atoms with van der Waals surface area (Å²) in [6, 6.07) is 7.03. The first kappa shape index (κ1) is 17.1. The molecule has 4 N–H and O–H groups in total. The molecule has 2 unspecified atom stereocenters. The zero-order valence-electron chi connectivity index (χ0n) is 12.8. The van der Waals surface area contributed by atoms with Gasteiger partial charge in [-0.05, 0) is 43.0 Å². The molecule has 2 amide bonds. The van der Waals surface area contributed by atoms with Crippen LogP contribution in [0.2, 0.25) is 0 Å². The molecule has 2 atom stereocenters. The van der Waals surface area contributed by atoms with Crippen molar-refractivity contribution in [1.29, 1.82) is 0 Å². The van der Waals surface area contributed by atoms with E-state index in [0.717, 1.165) is 5.56 Å². The molecule has 0 radical (unpaired) electrons. The van der Waals surface area contributed by atoms with Crippen LogP contribution >= 0.6 is 11.3 Å². The lowest BCUT2D eigenvalue weighted by Crippen LogP contribution is -2.39. The van der Waals surface area contributed by atoms with Crippen molar-refractivity contribution < 1.29 is 14.0 Å². The topological polar surface area (TPSA) is 84.2 Å². The SMILES string of the molecule is CC(NC(C)c1cccc(F)c1)C(=O)Nc1sccc1C(N)=O. The van der Waals surface area contributed by atoms with E-state index >= 15 is 0 Å². The van der Waals surface area contributed by atoms with Gasteiger partial charge in [0.15, 0.2) is 0 Å². The lowest BCUT2D eigenvalue weighted by Gasteiger charge is -2.20. The van der Waals surface area contributed by atoms with Gasteiger partial charge in [0.2, 0.25) is 5.91 Å². The second-order valence-corrected chi connectivity index (χ2v) is 6.10. The van der Waals surface area contributed by atoms with E-state index < -0.39 is 11.9 Å². The van der Waals surface area contributed by atoms with Gasteiger partial charge in [0.05, 0.1) is 11.6 Å². The van der Waals surface area contributed by atoms with Crippen LogP contribution in [0.3, 0.4) is 0 Å². The van der Waals surface area contributed by atoms with Gasteiger partial charge in [-0.3, -0.25) is 14.9 Å². The number of benzene rings is 1. The van der Waals surface area contributed by atoms with Crippen molar-refractivity contribution >= 4 is 28.2 Å². The van der Waals surface area contributed by atoms with E-state index in [1.54, 1.807) is 30.5 Å². The molecule has 0 saturated heterocycles. The average molecular weight is 335 g/mol. The van der Waals surface area contributed by atoms with Crippen LogP contribution in [0.1, 0.15) is 35.8 Å². The molecule has 0 fully saturated rings. The van der Waals surface area contributed by atoms with E-state index in [-0.39, 0.29) is 23.3 Å². The summed E-state index contributed by atoms with van der Waals surface area (Å²) in [6.07, 6.45) is 0. The van der Waals surface area contributed by atoms with E-state index in [0.29, 0.717) is 5.00 Å². The number of thiophene rings is 1. The number of nitrogens with one attached hydrogen (secondary N) is 2. The number of hydrogen-bond acceptors (Lipinski definition) is 4. The highest BCUT2D eigenvalue weighted by Gasteiger charge is 2.19. The van der Waals surface area contributed by atoms with E-state index in [4.69, 9.17) is 5.73 Å². The minimum Gasteiger partial charge on any atom is -0.366 e. The standard InChI is InChI=1S/C16H18FN3O2S/c1-9(11-4-3-5-12(17)8-11)19-10(2)15(22)20-16-13(14(18)21)6-7-23-16/h3-10,19H,1-2H3,(H2,18,21)(H,20,22). The second kappa shape index (κ2) is 7.34. The van der Waals surface area contributed by atoms with Crippen molar-refractivity contribution in [3.05, 3.63) is 52.7 Å². The molecule has 0 aliphatic carbocycles. The molecule has 1 aromatic carbocycles. The van der Waals surface area contributed by atoms with Crippen LogP contribution in [-0.4, -0.2) is 17.9 Å². The number of nitrogens with two attached hydrogens (primary N) is 1. The molecule has 2 rings (SSSR count). The van der Waals surface area contributed by atoms with E-state index in [1.165, 1.54) is 23.5 Å². The van der Waals surface area contributed by atoms with Crippen molar-refractivity contribution in [2.45, 2.75) is 25.9 Å². The number of hydrogen-bond donors (Lipinski definition) is 3. The third-order valence-corrected chi connectivity index (χ3v) is 4.24. The molecule has 0 aliphatic rings. The Morgan fingerprint density at radius 3 is 2.65 bits per heavy atom. The molecule has 7 heteroatoms. The smallest absolute Gasteiger partial charge is 0.251 e. The molecule has 0 bridgehead atoms. The molecule has 0 saturated carbocycles. The molecular formula is C16H18FN3O2S. The molecule has 0 aliphatic heterocycles. The normalized spacial score (nSPS) is 13.3. The Hall–Kier alpha value is -2.25. The third kappa shape index (κ3) is 4.37. The summed E-state index contributed by atoms with van der Waals surface area (Å²) in [4.78, 5) is 23.5. The van der Waals surface area contributed by atoms with Crippen LogP contribution in [0.5, 0.6) is 0 Å². The number of halogens is 1. The summed E-state index contributed by atoms with van der Waals surface area (Å²) >= 11 is 1.23. The Morgan fingerprint density at radius 2 is 2.00 bits per heavy atom. The monoisotopic (exact) mass is 335 g/mol. The molecule has 1 aromatic heterocycles. The quantitative estimate of drug-likeness (QED) is 0.759. The first-order valence-electron chi connectivity index (χ1n) is 7.08. The fraction of sp³-hybridized carbons (Fsp3) is 0.250. The molecule has 122 valence electrons. The summed E-state index contributed by atoms with van der Waals surface area (Å²) in [5.74, 6) is -1.20. The van der Waals surface area contributed by atoms with Gasteiger partial charge in [0.1, 0.15) is 10.8 Å². The van der Waals surface area contributed by atoms with Gasteiger partial charge in [-0.1, -0.05) is 12.1 Å². The number of anilines is 1. The maximum atomic E-state index is 13.2. The van der Waals surface area contributed by atoms with E-state index in [1.807, 2.05) is 6.92 Å². The molecule has 1 heterocycles. The highest BCUT2D eigenvalue weighted by atomic mass is 32.1. The van der Waals surface area contributed by atoms with E-state index in [2.05, 4.69) is 10.6 Å². The van der Waals surface area contributed by atoms with Crippen LogP contribution in [0.15, 0.2) is 35.7 Å². The van der Waals surface area contributed by atoms with Crippen molar-refractivity contribution in [1.82, 2.24) is 5.32 Å². The minimum absolute atomic E-state index is 0.203.